The lowest BCUT2D eigenvalue weighted by Gasteiger charge is -2.38. The summed E-state index contributed by atoms with van der Waals surface area (Å²) in [6, 6.07) is 1.01. The number of aryl methyl sites for hydroxylation is 1. The third kappa shape index (κ3) is 4.14. The van der Waals surface area contributed by atoms with Crippen LogP contribution in [-0.2, 0) is 11.3 Å². The number of aliphatic hydroxyl groups excluding tert-OH is 2. The van der Waals surface area contributed by atoms with Gasteiger partial charge in [-0.05, 0) is 23.9 Å². The van der Waals surface area contributed by atoms with Crippen LogP contribution in [0.25, 0.3) is 0 Å². The van der Waals surface area contributed by atoms with E-state index in [9.17, 15) is 24.6 Å². The SMILES string of the molecule is Cc1ccsc1C(=O)N[C@@H]1CO[C@H](Cn2cc(Cl)c(=O)[nH]c2=O)[C@@H](O)[C@H]1O. The molecule has 1 aliphatic heterocycles. The zero-order chi connectivity index (χ0) is 19.7. The summed E-state index contributed by atoms with van der Waals surface area (Å²) in [5.41, 5.74) is -0.607. The van der Waals surface area contributed by atoms with Crippen LogP contribution in [0, 0.1) is 6.92 Å². The van der Waals surface area contributed by atoms with E-state index in [1.165, 1.54) is 11.3 Å². The molecule has 27 heavy (non-hydrogen) atoms. The second-order valence-electron chi connectivity index (χ2n) is 6.25. The minimum absolute atomic E-state index is 0.0507. The van der Waals surface area contributed by atoms with Crippen LogP contribution in [0.5, 0.6) is 0 Å². The van der Waals surface area contributed by atoms with Gasteiger partial charge in [-0.3, -0.25) is 19.1 Å². The first-order valence-electron chi connectivity index (χ1n) is 8.10. The van der Waals surface area contributed by atoms with Crippen molar-refractivity contribution in [3.05, 3.63) is 53.9 Å². The van der Waals surface area contributed by atoms with Gasteiger partial charge in [0.1, 0.15) is 23.3 Å². The highest BCUT2D eigenvalue weighted by Gasteiger charge is 2.39. The van der Waals surface area contributed by atoms with Crippen LogP contribution in [0.15, 0.2) is 27.2 Å². The molecular weight excluding hydrogens is 398 g/mol. The van der Waals surface area contributed by atoms with Crippen LogP contribution in [0.4, 0.5) is 0 Å². The van der Waals surface area contributed by atoms with Crippen molar-refractivity contribution in [3.63, 3.8) is 0 Å². The Morgan fingerprint density at radius 2 is 2.19 bits per heavy atom. The molecule has 3 heterocycles. The summed E-state index contributed by atoms with van der Waals surface area (Å²) in [6.07, 6.45) is -2.43. The number of hydrogen-bond donors (Lipinski definition) is 4. The number of carbonyl (C=O) groups excluding carboxylic acids is 1. The summed E-state index contributed by atoms with van der Waals surface area (Å²) >= 11 is 6.99. The maximum Gasteiger partial charge on any atom is 0.328 e. The number of thiophene rings is 1. The van der Waals surface area contributed by atoms with Crippen LogP contribution < -0.4 is 16.6 Å². The van der Waals surface area contributed by atoms with E-state index in [1.54, 1.807) is 12.3 Å². The third-order valence-electron chi connectivity index (χ3n) is 4.36. The number of aliphatic hydroxyl groups is 2. The monoisotopic (exact) mass is 415 g/mol. The standard InChI is InChI=1S/C16H18ClN3O6S/c1-7-2-3-27-13(7)15(24)18-9-6-26-10(12(22)11(9)21)5-20-4-8(17)14(23)19-16(20)25/h2-4,9-12,21-22H,5-6H2,1H3,(H,18,24)(H,19,23,25)/t9-,10-,11+,12-/m1/s1. The molecule has 0 saturated carbocycles. The fraction of sp³-hybridized carbons (Fsp3) is 0.438. The van der Waals surface area contributed by atoms with Gasteiger partial charge >= 0.3 is 5.69 Å². The molecule has 1 amide bonds. The fourth-order valence-electron chi connectivity index (χ4n) is 2.82. The van der Waals surface area contributed by atoms with Crippen LogP contribution in [0.3, 0.4) is 0 Å². The number of nitrogens with zero attached hydrogens (tertiary/aromatic N) is 1. The van der Waals surface area contributed by atoms with Crippen molar-refractivity contribution in [1.29, 1.82) is 0 Å². The molecule has 2 aromatic heterocycles. The van der Waals surface area contributed by atoms with E-state index in [2.05, 4.69) is 5.32 Å². The molecule has 0 aliphatic carbocycles. The van der Waals surface area contributed by atoms with Crippen molar-refractivity contribution in [3.8, 4) is 0 Å². The lowest BCUT2D eigenvalue weighted by Crippen LogP contribution is -2.60. The maximum atomic E-state index is 12.3. The Hall–Kier alpha value is -1.98. The van der Waals surface area contributed by atoms with Gasteiger partial charge in [-0.2, -0.15) is 0 Å². The number of hydrogen-bond acceptors (Lipinski definition) is 7. The van der Waals surface area contributed by atoms with Crippen molar-refractivity contribution >= 4 is 28.8 Å². The molecule has 0 spiro atoms. The molecule has 1 fully saturated rings. The van der Waals surface area contributed by atoms with Crippen LogP contribution in [0.1, 0.15) is 15.2 Å². The summed E-state index contributed by atoms with van der Waals surface area (Å²) in [7, 11) is 0. The first-order chi connectivity index (χ1) is 12.8. The Labute approximate surface area is 162 Å². The third-order valence-corrected chi connectivity index (χ3v) is 5.65. The van der Waals surface area contributed by atoms with E-state index in [0.717, 1.165) is 16.3 Å². The van der Waals surface area contributed by atoms with Gasteiger partial charge in [0.05, 0.1) is 24.1 Å². The Morgan fingerprint density at radius 1 is 1.44 bits per heavy atom. The molecule has 0 aromatic carbocycles. The maximum absolute atomic E-state index is 12.3. The first kappa shape index (κ1) is 19.8. The number of halogens is 1. The van der Waals surface area contributed by atoms with E-state index < -0.39 is 35.6 Å². The molecule has 3 rings (SSSR count). The Bertz CT molecular complexity index is 954. The molecule has 0 radical (unpaired) electrons. The minimum atomic E-state index is -1.36. The van der Waals surface area contributed by atoms with Crippen molar-refractivity contribution < 1.29 is 19.7 Å². The van der Waals surface area contributed by atoms with E-state index in [4.69, 9.17) is 16.3 Å². The normalized spacial score (nSPS) is 25.3. The van der Waals surface area contributed by atoms with Crippen molar-refractivity contribution in [1.82, 2.24) is 14.9 Å². The summed E-state index contributed by atoms with van der Waals surface area (Å²) in [5.74, 6) is -0.357. The number of H-pyrrole nitrogens is 1. The Morgan fingerprint density at radius 3 is 2.85 bits per heavy atom. The van der Waals surface area contributed by atoms with Gasteiger partial charge in [0.25, 0.3) is 11.5 Å². The number of ether oxygens (including phenoxy) is 1. The lowest BCUT2D eigenvalue weighted by atomic mass is 9.97. The predicted octanol–water partition coefficient (Wildman–Crippen LogP) is -0.521. The number of rotatable bonds is 4. The van der Waals surface area contributed by atoms with Crippen LogP contribution in [-0.4, -0.2) is 56.6 Å². The molecule has 9 nitrogen and oxygen atoms in total. The fourth-order valence-corrected chi connectivity index (χ4v) is 3.81. The average Bonchev–Trinajstić information content (AvgIpc) is 3.05. The summed E-state index contributed by atoms with van der Waals surface area (Å²) in [6.45, 7) is 1.63. The zero-order valence-corrected chi connectivity index (χ0v) is 15.8. The summed E-state index contributed by atoms with van der Waals surface area (Å²) < 4.78 is 6.62. The van der Waals surface area contributed by atoms with Gasteiger partial charge in [0.15, 0.2) is 0 Å². The van der Waals surface area contributed by atoms with Crippen LogP contribution >= 0.6 is 22.9 Å². The topological polar surface area (TPSA) is 134 Å². The molecule has 2 aromatic rings. The smallest absolute Gasteiger partial charge is 0.328 e. The zero-order valence-electron chi connectivity index (χ0n) is 14.2. The molecular formula is C16H18ClN3O6S. The molecule has 1 aliphatic rings. The molecule has 146 valence electrons. The van der Waals surface area contributed by atoms with Gasteiger partial charge in [-0.1, -0.05) is 11.6 Å². The quantitative estimate of drug-likeness (QED) is 0.531. The second-order valence-corrected chi connectivity index (χ2v) is 7.58. The molecule has 0 bridgehead atoms. The van der Waals surface area contributed by atoms with Crippen LogP contribution in [0.2, 0.25) is 5.02 Å². The van der Waals surface area contributed by atoms with Gasteiger partial charge in [0.2, 0.25) is 0 Å². The number of carbonyl (C=O) groups is 1. The van der Waals surface area contributed by atoms with Gasteiger partial charge in [-0.25, -0.2) is 4.79 Å². The van der Waals surface area contributed by atoms with E-state index >= 15 is 0 Å². The number of amides is 1. The van der Waals surface area contributed by atoms with Gasteiger partial charge in [0, 0.05) is 6.20 Å². The highest BCUT2D eigenvalue weighted by molar-refractivity contribution is 7.12. The van der Waals surface area contributed by atoms with Gasteiger partial charge in [-0.15, -0.1) is 11.3 Å². The van der Waals surface area contributed by atoms with Crippen molar-refractivity contribution in [2.24, 2.45) is 0 Å². The molecule has 0 unspecified atom stereocenters. The molecule has 4 N–H and O–H groups in total. The lowest BCUT2D eigenvalue weighted by molar-refractivity contribution is -0.152. The molecule has 11 heteroatoms. The number of nitrogens with one attached hydrogen (secondary N) is 2. The average molecular weight is 416 g/mol. The first-order valence-corrected chi connectivity index (χ1v) is 9.35. The number of aromatic amines is 1. The summed E-state index contributed by atoms with van der Waals surface area (Å²) in [5, 5.41) is 25.0. The Kier molecular flexibility index (Phi) is 5.82. The van der Waals surface area contributed by atoms with E-state index in [-0.39, 0.29) is 24.1 Å². The molecule has 4 atom stereocenters. The highest BCUT2D eigenvalue weighted by Crippen LogP contribution is 2.20. The van der Waals surface area contributed by atoms with E-state index in [0.29, 0.717) is 4.88 Å². The number of aromatic nitrogens is 2. The summed E-state index contributed by atoms with van der Waals surface area (Å²) in [4.78, 5) is 38.0. The predicted molar refractivity (Wildman–Crippen MR) is 98.4 cm³/mol. The van der Waals surface area contributed by atoms with Gasteiger partial charge < -0.3 is 20.3 Å². The Balaban J connectivity index is 1.68. The second kappa shape index (κ2) is 7.95. The van der Waals surface area contributed by atoms with Crippen molar-refractivity contribution in [2.45, 2.75) is 37.8 Å². The largest absolute Gasteiger partial charge is 0.388 e. The minimum Gasteiger partial charge on any atom is -0.388 e. The highest BCUT2D eigenvalue weighted by atomic mass is 35.5. The van der Waals surface area contributed by atoms with Crippen molar-refractivity contribution in [2.75, 3.05) is 6.61 Å². The van der Waals surface area contributed by atoms with E-state index in [1.807, 2.05) is 11.1 Å². The molecule has 1 saturated heterocycles.